The first-order chi connectivity index (χ1) is 13.4. The Hall–Kier alpha value is -1.03. The maximum Gasteiger partial charge on any atom is 0.508 e. The van der Waals surface area contributed by atoms with Crippen LogP contribution in [0, 0.1) is 28.6 Å². The zero-order valence-electron chi connectivity index (χ0n) is 18.2. The Balaban J connectivity index is 1.52. The van der Waals surface area contributed by atoms with Gasteiger partial charge in [0.05, 0.1) is 12.7 Å². The van der Waals surface area contributed by atoms with Gasteiger partial charge in [-0.25, -0.2) is 4.79 Å². The maximum absolute atomic E-state index is 12.0. The van der Waals surface area contributed by atoms with Crippen LogP contribution in [0.25, 0.3) is 0 Å². The van der Waals surface area contributed by atoms with Crippen LogP contribution in [0.3, 0.4) is 0 Å². The van der Waals surface area contributed by atoms with E-state index in [9.17, 15) is 4.79 Å². The Morgan fingerprint density at radius 3 is 2.61 bits per heavy atom. The summed E-state index contributed by atoms with van der Waals surface area (Å²) in [5, 5.41) is 0. The highest BCUT2D eigenvalue weighted by Gasteiger charge is 2.60. The van der Waals surface area contributed by atoms with E-state index < -0.39 is 6.16 Å². The molecule has 4 nitrogen and oxygen atoms in total. The summed E-state index contributed by atoms with van der Waals surface area (Å²) < 4.78 is 16.8. The van der Waals surface area contributed by atoms with Crippen LogP contribution >= 0.6 is 0 Å². The van der Waals surface area contributed by atoms with Crippen LogP contribution in [0.15, 0.2) is 11.6 Å². The molecule has 0 amide bonds. The second kappa shape index (κ2) is 7.66. The molecule has 4 aliphatic rings. The minimum atomic E-state index is -0.480. The van der Waals surface area contributed by atoms with E-state index in [0.717, 1.165) is 31.3 Å². The Bertz CT molecular complexity index is 628. The lowest BCUT2D eigenvalue weighted by molar-refractivity contribution is -0.0891. The zero-order valence-corrected chi connectivity index (χ0v) is 18.2. The molecule has 0 saturated heterocycles. The fourth-order valence-corrected chi connectivity index (χ4v) is 7.46. The van der Waals surface area contributed by atoms with Crippen LogP contribution in [0.4, 0.5) is 4.79 Å². The first kappa shape index (κ1) is 20.3. The average molecular weight is 391 g/mol. The van der Waals surface area contributed by atoms with Crippen LogP contribution in [0.2, 0.25) is 0 Å². The van der Waals surface area contributed by atoms with Crippen LogP contribution < -0.4 is 0 Å². The van der Waals surface area contributed by atoms with Crippen molar-refractivity contribution in [3.05, 3.63) is 11.6 Å². The smallest absolute Gasteiger partial charge is 0.435 e. The summed E-state index contributed by atoms with van der Waals surface area (Å²) in [5.41, 5.74) is 2.13. The van der Waals surface area contributed by atoms with Crippen LogP contribution in [0.1, 0.15) is 79.1 Å². The Morgan fingerprint density at radius 2 is 1.86 bits per heavy atom. The summed E-state index contributed by atoms with van der Waals surface area (Å²) in [6, 6.07) is 0. The molecule has 0 radical (unpaired) electrons. The molecule has 0 unspecified atom stereocenters. The lowest BCUT2D eigenvalue weighted by Gasteiger charge is -2.58. The number of fused-ring (bicyclic) bond motifs is 5. The third kappa shape index (κ3) is 3.20. The van der Waals surface area contributed by atoms with Gasteiger partial charge in [-0.3, -0.25) is 0 Å². The predicted octanol–water partition coefficient (Wildman–Crippen LogP) is 5.90. The summed E-state index contributed by atoms with van der Waals surface area (Å²) in [6.07, 6.45) is 11.9. The molecule has 4 rings (SSSR count). The SMILES string of the molecule is CCOC(=O)O[C@H]1CC[C@H]2[C@@H]3CCC4=C[C@@H](OCC)CC[C@]4(C)[C@H]3CC[C@]12C. The summed E-state index contributed by atoms with van der Waals surface area (Å²) in [6.45, 7) is 10.0. The number of ether oxygens (including phenoxy) is 3. The van der Waals surface area contributed by atoms with Crippen LogP contribution in [-0.2, 0) is 14.2 Å². The van der Waals surface area contributed by atoms with E-state index in [1.165, 1.54) is 38.5 Å². The summed E-state index contributed by atoms with van der Waals surface area (Å²) >= 11 is 0. The molecule has 158 valence electrons. The number of rotatable bonds is 4. The molecule has 0 N–H and O–H groups in total. The lowest BCUT2D eigenvalue weighted by atomic mass is 9.47. The van der Waals surface area contributed by atoms with Gasteiger partial charge in [0.15, 0.2) is 0 Å². The van der Waals surface area contributed by atoms with Crippen molar-refractivity contribution in [3.63, 3.8) is 0 Å². The van der Waals surface area contributed by atoms with Crippen molar-refractivity contribution in [2.45, 2.75) is 91.3 Å². The summed E-state index contributed by atoms with van der Waals surface area (Å²) in [5.74, 6) is 2.21. The fraction of sp³-hybridized carbons (Fsp3) is 0.875. The van der Waals surface area contributed by atoms with Crippen molar-refractivity contribution >= 4 is 6.16 Å². The van der Waals surface area contributed by atoms with Gasteiger partial charge in [0.2, 0.25) is 0 Å². The molecule has 0 bridgehead atoms. The van der Waals surface area contributed by atoms with Gasteiger partial charge in [-0.2, -0.15) is 0 Å². The third-order valence-corrected chi connectivity index (χ3v) is 8.87. The van der Waals surface area contributed by atoms with Gasteiger partial charge in [0.1, 0.15) is 6.10 Å². The number of allylic oxidation sites excluding steroid dienone is 1. The van der Waals surface area contributed by atoms with E-state index >= 15 is 0 Å². The van der Waals surface area contributed by atoms with Crippen molar-refractivity contribution < 1.29 is 19.0 Å². The van der Waals surface area contributed by atoms with Crippen LogP contribution in [-0.4, -0.2) is 31.6 Å². The molecule has 4 heteroatoms. The van der Waals surface area contributed by atoms with Gasteiger partial charge in [0.25, 0.3) is 0 Å². The monoisotopic (exact) mass is 390 g/mol. The second-order valence-electron chi connectivity index (χ2n) is 9.97. The Morgan fingerprint density at radius 1 is 1.04 bits per heavy atom. The Kier molecular flexibility index (Phi) is 5.54. The molecule has 7 atom stereocenters. The molecule has 28 heavy (non-hydrogen) atoms. The quantitative estimate of drug-likeness (QED) is 0.443. The number of carbonyl (C=O) groups is 1. The molecule has 0 heterocycles. The highest BCUT2D eigenvalue weighted by Crippen LogP contribution is 2.65. The molecular weight excluding hydrogens is 352 g/mol. The minimum absolute atomic E-state index is 0.0240. The molecule has 0 aromatic carbocycles. The van der Waals surface area contributed by atoms with Gasteiger partial charge in [-0.1, -0.05) is 25.5 Å². The largest absolute Gasteiger partial charge is 0.508 e. The summed E-state index contributed by atoms with van der Waals surface area (Å²) in [4.78, 5) is 12.0. The van der Waals surface area contributed by atoms with Gasteiger partial charge < -0.3 is 14.2 Å². The topological polar surface area (TPSA) is 44.8 Å². The standard InChI is InChI=1S/C24H38O4/c1-5-26-17-11-13-23(3)16(15-17)7-8-18-19-9-10-21(28-22(25)27-6-2)24(19,4)14-12-20(18)23/h15,17-21H,5-14H2,1-4H3/t17-,18-,19-,20-,21-,23-,24-/m0/s1. The normalized spacial score (nSPS) is 44.7. The highest BCUT2D eigenvalue weighted by molar-refractivity contribution is 5.60. The van der Waals surface area contributed by atoms with E-state index in [4.69, 9.17) is 14.2 Å². The van der Waals surface area contributed by atoms with E-state index in [-0.39, 0.29) is 11.5 Å². The zero-order chi connectivity index (χ0) is 19.9. The van der Waals surface area contributed by atoms with Crippen molar-refractivity contribution in [1.82, 2.24) is 0 Å². The Labute approximate surface area is 170 Å². The molecule has 0 spiro atoms. The van der Waals surface area contributed by atoms with Gasteiger partial charge >= 0.3 is 6.16 Å². The number of carbonyl (C=O) groups excluding carboxylic acids is 1. The number of hydrogen-bond donors (Lipinski definition) is 0. The first-order valence-electron chi connectivity index (χ1n) is 11.6. The molecule has 0 aromatic heterocycles. The predicted molar refractivity (Wildman–Crippen MR) is 109 cm³/mol. The van der Waals surface area contributed by atoms with Crippen molar-refractivity contribution in [1.29, 1.82) is 0 Å². The van der Waals surface area contributed by atoms with Crippen molar-refractivity contribution in [2.24, 2.45) is 28.6 Å². The van der Waals surface area contributed by atoms with Gasteiger partial charge in [0, 0.05) is 12.0 Å². The molecule has 0 aromatic rings. The number of hydrogen-bond acceptors (Lipinski definition) is 4. The first-order valence-corrected chi connectivity index (χ1v) is 11.6. The summed E-state index contributed by atoms with van der Waals surface area (Å²) in [7, 11) is 0. The molecular formula is C24H38O4. The maximum atomic E-state index is 12.0. The van der Waals surface area contributed by atoms with Gasteiger partial charge in [-0.15, -0.1) is 0 Å². The molecule has 0 aliphatic heterocycles. The second-order valence-corrected chi connectivity index (χ2v) is 9.97. The average Bonchev–Trinajstić information content (AvgIpc) is 2.99. The minimum Gasteiger partial charge on any atom is -0.435 e. The lowest BCUT2D eigenvalue weighted by Crippen LogP contribution is -2.52. The van der Waals surface area contributed by atoms with E-state index in [1.807, 2.05) is 6.92 Å². The van der Waals surface area contributed by atoms with Crippen molar-refractivity contribution in [2.75, 3.05) is 13.2 Å². The van der Waals surface area contributed by atoms with Gasteiger partial charge in [-0.05, 0) is 88.4 Å². The molecule has 3 saturated carbocycles. The fourth-order valence-electron chi connectivity index (χ4n) is 7.46. The van der Waals surface area contributed by atoms with E-state index in [2.05, 4.69) is 26.8 Å². The third-order valence-electron chi connectivity index (χ3n) is 8.87. The van der Waals surface area contributed by atoms with E-state index in [1.54, 1.807) is 5.57 Å². The van der Waals surface area contributed by atoms with Crippen molar-refractivity contribution in [3.8, 4) is 0 Å². The molecule has 3 fully saturated rings. The highest BCUT2D eigenvalue weighted by atomic mass is 16.7. The van der Waals surface area contributed by atoms with E-state index in [0.29, 0.717) is 24.0 Å². The van der Waals surface area contributed by atoms with Crippen LogP contribution in [0.5, 0.6) is 0 Å². The molecule has 4 aliphatic carbocycles.